The highest BCUT2D eigenvalue weighted by Crippen LogP contribution is 2.09. The molecule has 0 aliphatic heterocycles. The summed E-state index contributed by atoms with van der Waals surface area (Å²) in [6, 6.07) is 9.06. The van der Waals surface area contributed by atoms with Crippen molar-refractivity contribution in [2.75, 3.05) is 0 Å². The van der Waals surface area contributed by atoms with E-state index in [0.717, 1.165) is 12.0 Å². The Morgan fingerprint density at radius 3 is 2.57 bits per heavy atom. The predicted molar refractivity (Wildman–Crippen MR) is 56.1 cm³/mol. The summed E-state index contributed by atoms with van der Waals surface area (Å²) in [4.78, 5) is 11.3. The number of hydrogen-bond donors (Lipinski definition) is 0. The summed E-state index contributed by atoms with van der Waals surface area (Å²) in [5, 5.41) is 0. The van der Waals surface area contributed by atoms with Gasteiger partial charge in [-0.1, -0.05) is 30.7 Å². The van der Waals surface area contributed by atoms with Gasteiger partial charge in [0.25, 0.3) is 0 Å². The lowest BCUT2D eigenvalue weighted by molar-refractivity contribution is -0.129. The van der Waals surface area contributed by atoms with Crippen LogP contribution >= 0.6 is 0 Å². The molecule has 0 radical (unpaired) electrons. The summed E-state index contributed by atoms with van der Waals surface area (Å²) < 4.78 is 5.07. The van der Waals surface area contributed by atoms with Crippen LogP contribution in [0.5, 0.6) is 5.75 Å². The summed E-state index contributed by atoms with van der Waals surface area (Å²) in [6.45, 7) is 3.91. The molecule has 2 heteroatoms. The van der Waals surface area contributed by atoms with Crippen LogP contribution in [0.25, 0.3) is 0 Å². The molecule has 1 rings (SSSR count). The molecule has 0 aromatic heterocycles. The van der Waals surface area contributed by atoms with E-state index in [1.54, 1.807) is 12.1 Å². The van der Waals surface area contributed by atoms with Crippen LogP contribution in [0.15, 0.2) is 42.0 Å². The third kappa shape index (κ3) is 3.44. The first-order valence-corrected chi connectivity index (χ1v) is 4.66. The summed E-state index contributed by atoms with van der Waals surface area (Å²) in [5.41, 5.74) is 1.02. The van der Waals surface area contributed by atoms with E-state index >= 15 is 0 Å². The van der Waals surface area contributed by atoms with Gasteiger partial charge in [-0.25, -0.2) is 4.79 Å². The van der Waals surface area contributed by atoms with E-state index in [-0.39, 0.29) is 5.97 Å². The van der Waals surface area contributed by atoms with Crippen molar-refractivity contribution in [3.63, 3.8) is 0 Å². The van der Waals surface area contributed by atoms with Gasteiger partial charge in [-0.3, -0.25) is 0 Å². The standard InChI is InChI=1S/C12H14O2/c1-3-10(2)9-12(13)14-11-7-5-4-6-8-11/h4-9H,3H2,1-2H3/b10-9-. The van der Waals surface area contributed by atoms with Gasteiger partial charge in [-0.15, -0.1) is 0 Å². The fourth-order valence-electron chi connectivity index (χ4n) is 0.937. The van der Waals surface area contributed by atoms with Crippen molar-refractivity contribution in [2.45, 2.75) is 20.3 Å². The van der Waals surface area contributed by atoms with Crippen molar-refractivity contribution >= 4 is 5.97 Å². The lowest BCUT2D eigenvalue weighted by Crippen LogP contribution is -2.04. The van der Waals surface area contributed by atoms with Crippen LogP contribution in [0.3, 0.4) is 0 Å². The highest BCUT2D eigenvalue weighted by atomic mass is 16.5. The number of ether oxygens (including phenoxy) is 1. The normalized spacial score (nSPS) is 11.1. The molecule has 74 valence electrons. The third-order valence-electron chi connectivity index (χ3n) is 1.88. The molecule has 0 aliphatic rings. The SMILES string of the molecule is CC/C(C)=C\C(=O)Oc1ccccc1. The summed E-state index contributed by atoms with van der Waals surface area (Å²) >= 11 is 0. The highest BCUT2D eigenvalue weighted by Gasteiger charge is 1.99. The van der Waals surface area contributed by atoms with Gasteiger partial charge in [0.2, 0.25) is 0 Å². The fraction of sp³-hybridized carbons (Fsp3) is 0.250. The maximum Gasteiger partial charge on any atom is 0.336 e. The molecule has 0 amide bonds. The molecule has 0 fully saturated rings. The van der Waals surface area contributed by atoms with Crippen LogP contribution in [0.2, 0.25) is 0 Å². The summed E-state index contributed by atoms with van der Waals surface area (Å²) in [7, 11) is 0. The van der Waals surface area contributed by atoms with Gasteiger partial charge >= 0.3 is 5.97 Å². The van der Waals surface area contributed by atoms with E-state index in [4.69, 9.17) is 4.74 Å². The molecule has 0 saturated carbocycles. The zero-order valence-electron chi connectivity index (χ0n) is 8.49. The molecule has 0 N–H and O–H groups in total. The Bertz CT molecular complexity index is 325. The topological polar surface area (TPSA) is 26.3 Å². The van der Waals surface area contributed by atoms with E-state index in [0.29, 0.717) is 5.75 Å². The molecular weight excluding hydrogens is 176 g/mol. The Morgan fingerprint density at radius 2 is 2.00 bits per heavy atom. The minimum Gasteiger partial charge on any atom is -0.423 e. The number of carbonyl (C=O) groups is 1. The second kappa shape index (κ2) is 5.22. The number of esters is 1. The van der Waals surface area contributed by atoms with Crippen molar-refractivity contribution in [1.29, 1.82) is 0 Å². The van der Waals surface area contributed by atoms with Crippen LogP contribution in [0.1, 0.15) is 20.3 Å². The Kier molecular flexibility index (Phi) is 3.92. The molecule has 0 spiro atoms. The van der Waals surface area contributed by atoms with Gasteiger partial charge in [0.15, 0.2) is 0 Å². The molecule has 1 aromatic carbocycles. The van der Waals surface area contributed by atoms with E-state index in [9.17, 15) is 4.79 Å². The Labute approximate surface area is 84.2 Å². The van der Waals surface area contributed by atoms with Crippen LogP contribution in [0.4, 0.5) is 0 Å². The Balaban J connectivity index is 2.58. The monoisotopic (exact) mass is 190 g/mol. The number of carbonyl (C=O) groups excluding carboxylic acids is 1. The number of benzene rings is 1. The zero-order valence-corrected chi connectivity index (χ0v) is 8.49. The third-order valence-corrected chi connectivity index (χ3v) is 1.88. The van der Waals surface area contributed by atoms with Gasteiger partial charge in [0.1, 0.15) is 5.75 Å². The van der Waals surface area contributed by atoms with Gasteiger partial charge < -0.3 is 4.74 Å². The highest BCUT2D eigenvalue weighted by molar-refractivity contribution is 5.84. The van der Waals surface area contributed by atoms with Gasteiger partial charge in [0, 0.05) is 6.08 Å². The van der Waals surface area contributed by atoms with Crippen LogP contribution in [0, 0.1) is 0 Å². The molecule has 0 saturated heterocycles. The predicted octanol–water partition coefficient (Wildman–Crippen LogP) is 2.95. The zero-order chi connectivity index (χ0) is 10.4. The molecule has 14 heavy (non-hydrogen) atoms. The molecule has 0 heterocycles. The number of para-hydroxylation sites is 1. The molecule has 0 bridgehead atoms. The fourth-order valence-corrected chi connectivity index (χ4v) is 0.937. The summed E-state index contributed by atoms with van der Waals surface area (Å²) in [6.07, 6.45) is 2.39. The smallest absolute Gasteiger partial charge is 0.336 e. The first-order chi connectivity index (χ1) is 6.72. The van der Waals surface area contributed by atoms with Crippen LogP contribution < -0.4 is 4.74 Å². The maximum absolute atomic E-state index is 11.3. The Hall–Kier alpha value is -1.57. The van der Waals surface area contributed by atoms with Gasteiger partial charge in [-0.2, -0.15) is 0 Å². The van der Waals surface area contributed by atoms with Gasteiger partial charge in [-0.05, 0) is 25.5 Å². The number of hydrogen-bond acceptors (Lipinski definition) is 2. The van der Waals surface area contributed by atoms with Crippen molar-refractivity contribution < 1.29 is 9.53 Å². The molecular formula is C12H14O2. The minimum atomic E-state index is -0.310. The first-order valence-electron chi connectivity index (χ1n) is 4.66. The quantitative estimate of drug-likeness (QED) is 0.416. The number of rotatable bonds is 3. The molecule has 0 unspecified atom stereocenters. The van der Waals surface area contributed by atoms with Crippen LogP contribution in [-0.4, -0.2) is 5.97 Å². The molecule has 2 nitrogen and oxygen atoms in total. The minimum absolute atomic E-state index is 0.310. The molecule has 1 aromatic rings. The van der Waals surface area contributed by atoms with Crippen molar-refractivity contribution in [1.82, 2.24) is 0 Å². The van der Waals surface area contributed by atoms with Crippen molar-refractivity contribution in [3.05, 3.63) is 42.0 Å². The first kappa shape index (κ1) is 10.5. The van der Waals surface area contributed by atoms with Crippen molar-refractivity contribution in [3.8, 4) is 5.75 Å². The summed E-state index contributed by atoms with van der Waals surface area (Å²) in [5.74, 6) is 0.271. The second-order valence-corrected chi connectivity index (χ2v) is 3.08. The largest absolute Gasteiger partial charge is 0.423 e. The van der Waals surface area contributed by atoms with E-state index in [1.165, 1.54) is 6.08 Å². The van der Waals surface area contributed by atoms with E-state index in [1.807, 2.05) is 32.0 Å². The van der Waals surface area contributed by atoms with Gasteiger partial charge in [0.05, 0.1) is 0 Å². The Morgan fingerprint density at radius 1 is 1.36 bits per heavy atom. The second-order valence-electron chi connectivity index (χ2n) is 3.08. The van der Waals surface area contributed by atoms with E-state index < -0.39 is 0 Å². The molecule has 0 aliphatic carbocycles. The van der Waals surface area contributed by atoms with Crippen LogP contribution in [-0.2, 0) is 4.79 Å². The lowest BCUT2D eigenvalue weighted by Gasteiger charge is -2.00. The van der Waals surface area contributed by atoms with Crippen molar-refractivity contribution in [2.24, 2.45) is 0 Å². The lowest BCUT2D eigenvalue weighted by atomic mass is 10.2. The average molecular weight is 190 g/mol. The average Bonchev–Trinajstić information content (AvgIpc) is 2.19. The molecule has 0 atom stereocenters. The van der Waals surface area contributed by atoms with E-state index in [2.05, 4.69) is 0 Å². The number of allylic oxidation sites excluding steroid dienone is 1. The maximum atomic E-state index is 11.3.